The number of carbonyl (C=O) groups is 3. The van der Waals surface area contributed by atoms with Gasteiger partial charge in [0.25, 0.3) is 5.91 Å². The molecule has 2 aromatic rings. The Kier molecular flexibility index (Phi) is 10.6. The number of nitrogens with one attached hydrogen (secondary N) is 2. The van der Waals surface area contributed by atoms with Crippen LogP contribution in [0.5, 0.6) is 0 Å². The van der Waals surface area contributed by atoms with E-state index in [1.54, 1.807) is 0 Å². The summed E-state index contributed by atoms with van der Waals surface area (Å²) in [5.41, 5.74) is 2.88. The molecule has 1 heterocycles. The second-order valence-corrected chi connectivity index (χ2v) is 11.8. The third-order valence-electron chi connectivity index (χ3n) is 6.95. The Bertz CT molecular complexity index is 1160. The van der Waals surface area contributed by atoms with Crippen molar-refractivity contribution in [3.05, 3.63) is 83.9 Å². The SMILES string of the molecule is C=CC(CC)OC(=O)N[C@@H](Cc1ccccc1)[C@H](O)C(=O)N1CSC(C)(C)[C@H]1C(=O)NCc1ccccc1C. The first-order valence-electron chi connectivity index (χ1n) is 13.2. The fraction of sp³-hybridized carbons (Fsp3) is 0.433. The van der Waals surface area contributed by atoms with Crippen molar-refractivity contribution in [1.29, 1.82) is 0 Å². The molecule has 4 atom stereocenters. The molecule has 2 aromatic carbocycles. The summed E-state index contributed by atoms with van der Waals surface area (Å²) in [5.74, 6) is -0.680. The zero-order valence-electron chi connectivity index (χ0n) is 23.1. The predicted molar refractivity (Wildman–Crippen MR) is 154 cm³/mol. The second kappa shape index (κ2) is 13.7. The van der Waals surface area contributed by atoms with Crippen molar-refractivity contribution in [2.75, 3.05) is 5.88 Å². The highest BCUT2D eigenvalue weighted by Crippen LogP contribution is 2.40. The van der Waals surface area contributed by atoms with Crippen LogP contribution in [0.1, 0.15) is 43.9 Å². The van der Waals surface area contributed by atoms with Gasteiger partial charge in [0.15, 0.2) is 6.10 Å². The number of benzene rings is 2. The maximum atomic E-state index is 13.7. The molecule has 8 nitrogen and oxygen atoms in total. The van der Waals surface area contributed by atoms with E-state index in [1.807, 2.05) is 82.3 Å². The molecule has 1 aliphatic rings. The molecule has 0 spiro atoms. The summed E-state index contributed by atoms with van der Waals surface area (Å²) >= 11 is 1.47. The van der Waals surface area contributed by atoms with Gasteiger partial charge in [-0.05, 0) is 50.3 Å². The summed E-state index contributed by atoms with van der Waals surface area (Å²) < 4.78 is 4.80. The Morgan fingerprint density at radius 1 is 1.18 bits per heavy atom. The van der Waals surface area contributed by atoms with Gasteiger partial charge in [0.2, 0.25) is 5.91 Å². The van der Waals surface area contributed by atoms with E-state index in [-0.39, 0.29) is 18.2 Å². The summed E-state index contributed by atoms with van der Waals surface area (Å²) in [6.07, 6.45) is -0.575. The number of amides is 3. The smallest absolute Gasteiger partial charge is 0.408 e. The van der Waals surface area contributed by atoms with Gasteiger partial charge in [0, 0.05) is 11.3 Å². The minimum absolute atomic E-state index is 0.197. The Labute approximate surface area is 235 Å². The van der Waals surface area contributed by atoms with Gasteiger partial charge in [0.1, 0.15) is 12.1 Å². The highest BCUT2D eigenvalue weighted by molar-refractivity contribution is 8.00. The van der Waals surface area contributed by atoms with Gasteiger partial charge in [-0.2, -0.15) is 0 Å². The zero-order chi connectivity index (χ0) is 28.6. The molecule has 3 rings (SSSR count). The Balaban J connectivity index is 1.78. The number of hydrogen-bond acceptors (Lipinski definition) is 6. The molecule has 9 heteroatoms. The molecule has 1 aliphatic heterocycles. The van der Waals surface area contributed by atoms with Crippen LogP contribution in [-0.2, 0) is 27.3 Å². The maximum Gasteiger partial charge on any atom is 0.408 e. The zero-order valence-corrected chi connectivity index (χ0v) is 23.9. The fourth-order valence-corrected chi connectivity index (χ4v) is 5.71. The lowest BCUT2D eigenvalue weighted by atomic mass is 9.97. The van der Waals surface area contributed by atoms with Crippen molar-refractivity contribution in [3.63, 3.8) is 0 Å². The number of carbonyl (C=O) groups excluding carboxylic acids is 3. The fourth-order valence-electron chi connectivity index (χ4n) is 4.57. The van der Waals surface area contributed by atoms with Crippen molar-refractivity contribution in [1.82, 2.24) is 15.5 Å². The quantitative estimate of drug-likeness (QED) is 0.364. The van der Waals surface area contributed by atoms with Crippen LogP contribution < -0.4 is 10.6 Å². The number of thioether (sulfide) groups is 1. The number of ether oxygens (including phenoxy) is 1. The molecule has 3 amide bonds. The number of aliphatic hydroxyl groups excluding tert-OH is 1. The van der Waals surface area contributed by atoms with Crippen LogP contribution >= 0.6 is 11.8 Å². The molecule has 0 aliphatic carbocycles. The molecular weight excluding hydrogens is 514 g/mol. The first-order valence-corrected chi connectivity index (χ1v) is 14.1. The Hall–Kier alpha value is -3.30. The average Bonchev–Trinajstić information content (AvgIpc) is 3.25. The van der Waals surface area contributed by atoms with E-state index in [1.165, 1.54) is 22.7 Å². The highest BCUT2D eigenvalue weighted by Gasteiger charge is 2.49. The number of alkyl carbamates (subject to hydrolysis) is 1. The van der Waals surface area contributed by atoms with Gasteiger partial charge in [-0.3, -0.25) is 9.59 Å². The summed E-state index contributed by atoms with van der Waals surface area (Å²) in [6.45, 7) is 11.7. The van der Waals surface area contributed by atoms with Crippen molar-refractivity contribution >= 4 is 29.7 Å². The monoisotopic (exact) mass is 553 g/mol. The normalized spacial score (nSPS) is 18.5. The lowest BCUT2D eigenvalue weighted by Gasteiger charge is -2.33. The topological polar surface area (TPSA) is 108 Å². The summed E-state index contributed by atoms with van der Waals surface area (Å²) in [6, 6.07) is 15.3. The highest BCUT2D eigenvalue weighted by atomic mass is 32.2. The van der Waals surface area contributed by atoms with Gasteiger partial charge in [-0.15, -0.1) is 11.8 Å². The molecule has 1 saturated heterocycles. The van der Waals surface area contributed by atoms with Crippen LogP contribution in [0.3, 0.4) is 0 Å². The second-order valence-electron chi connectivity index (χ2n) is 10.2. The Morgan fingerprint density at radius 3 is 2.49 bits per heavy atom. The van der Waals surface area contributed by atoms with Crippen LogP contribution in [-0.4, -0.2) is 62.8 Å². The predicted octanol–water partition coefficient (Wildman–Crippen LogP) is 3.95. The van der Waals surface area contributed by atoms with Crippen LogP contribution in [0.2, 0.25) is 0 Å². The first-order chi connectivity index (χ1) is 18.6. The van der Waals surface area contributed by atoms with Gasteiger partial charge >= 0.3 is 6.09 Å². The lowest BCUT2D eigenvalue weighted by Crippen LogP contribution is -2.58. The number of aryl methyl sites for hydroxylation is 1. The Morgan fingerprint density at radius 2 is 1.85 bits per heavy atom. The molecule has 3 N–H and O–H groups in total. The molecule has 0 aromatic heterocycles. The van der Waals surface area contributed by atoms with Crippen LogP contribution in [0, 0.1) is 6.92 Å². The summed E-state index contributed by atoms with van der Waals surface area (Å²) in [5, 5.41) is 16.9. The largest absolute Gasteiger partial charge is 0.442 e. The van der Waals surface area contributed by atoms with E-state index in [0.717, 1.165) is 16.7 Å². The van der Waals surface area contributed by atoms with E-state index in [2.05, 4.69) is 17.2 Å². The third kappa shape index (κ3) is 7.86. The number of nitrogens with zero attached hydrogens (tertiary/aromatic N) is 1. The molecule has 0 radical (unpaired) electrons. The van der Waals surface area contributed by atoms with Gasteiger partial charge in [-0.1, -0.05) is 74.2 Å². The third-order valence-corrected chi connectivity index (χ3v) is 8.33. The van der Waals surface area contributed by atoms with E-state index in [4.69, 9.17) is 4.74 Å². The molecule has 39 heavy (non-hydrogen) atoms. The van der Waals surface area contributed by atoms with Gasteiger partial charge in [0.05, 0.1) is 11.9 Å². The van der Waals surface area contributed by atoms with E-state index >= 15 is 0 Å². The minimum Gasteiger partial charge on any atom is -0.442 e. The molecule has 0 bridgehead atoms. The lowest BCUT2D eigenvalue weighted by molar-refractivity contribution is -0.147. The standard InChI is InChI=1S/C30H39N3O5S/c1-6-23(7-2)38-29(37)32-24(17-21-14-9-8-10-15-21)25(34)28(36)33-19-39-30(4,5)26(33)27(35)31-18-22-16-12-11-13-20(22)3/h6,8-16,23-26,34H,1,7,17-19H2,2-5H3,(H,31,35)(H,32,37)/t23?,24-,25-,26+/m0/s1. The molecular formula is C30H39N3O5S. The van der Waals surface area contributed by atoms with Crippen molar-refractivity contribution < 1.29 is 24.2 Å². The van der Waals surface area contributed by atoms with Crippen LogP contribution in [0.15, 0.2) is 67.3 Å². The summed E-state index contributed by atoms with van der Waals surface area (Å²) in [4.78, 5) is 41.2. The van der Waals surface area contributed by atoms with Crippen molar-refractivity contribution in [3.8, 4) is 0 Å². The van der Waals surface area contributed by atoms with Crippen LogP contribution in [0.4, 0.5) is 4.79 Å². The maximum absolute atomic E-state index is 13.7. The average molecular weight is 554 g/mol. The van der Waals surface area contributed by atoms with E-state index in [0.29, 0.717) is 13.0 Å². The van der Waals surface area contributed by atoms with Gasteiger partial charge < -0.3 is 25.4 Å². The number of aliphatic hydroxyl groups is 1. The molecule has 1 unspecified atom stereocenters. The number of hydrogen-bond donors (Lipinski definition) is 3. The van der Waals surface area contributed by atoms with Crippen molar-refractivity contribution in [2.24, 2.45) is 0 Å². The van der Waals surface area contributed by atoms with E-state index < -0.39 is 41.0 Å². The molecule has 210 valence electrons. The first kappa shape index (κ1) is 30.2. The minimum atomic E-state index is -1.59. The van der Waals surface area contributed by atoms with E-state index in [9.17, 15) is 19.5 Å². The molecule has 1 fully saturated rings. The van der Waals surface area contributed by atoms with Crippen molar-refractivity contribution in [2.45, 2.75) is 76.1 Å². The van der Waals surface area contributed by atoms with Gasteiger partial charge in [-0.25, -0.2) is 4.79 Å². The summed E-state index contributed by atoms with van der Waals surface area (Å²) in [7, 11) is 0. The number of rotatable bonds is 11. The molecule has 0 saturated carbocycles. The van der Waals surface area contributed by atoms with Crippen LogP contribution in [0.25, 0.3) is 0 Å².